The summed E-state index contributed by atoms with van der Waals surface area (Å²) in [6, 6.07) is 7.12. The summed E-state index contributed by atoms with van der Waals surface area (Å²) >= 11 is 0. The molecule has 0 aliphatic carbocycles. The number of alkyl halides is 3. The van der Waals surface area contributed by atoms with Gasteiger partial charge in [-0.2, -0.15) is 13.2 Å². The maximum Gasteiger partial charge on any atom is 0.416 e. The Bertz CT molecular complexity index is 875. The molecule has 0 aliphatic heterocycles. The van der Waals surface area contributed by atoms with Crippen LogP contribution in [-0.2, 0) is 16.2 Å². The zero-order chi connectivity index (χ0) is 18.1. The van der Waals surface area contributed by atoms with Crippen molar-refractivity contribution in [1.29, 1.82) is 0 Å². The van der Waals surface area contributed by atoms with Crippen LogP contribution in [0, 0.1) is 6.92 Å². The van der Waals surface area contributed by atoms with E-state index in [4.69, 9.17) is 0 Å². The van der Waals surface area contributed by atoms with Gasteiger partial charge in [0.1, 0.15) is 0 Å². The molecule has 5 nitrogen and oxygen atoms in total. The lowest BCUT2D eigenvalue weighted by molar-refractivity contribution is -0.137. The molecule has 2 rings (SSSR count). The van der Waals surface area contributed by atoms with Gasteiger partial charge in [-0.05, 0) is 42.8 Å². The highest BCUT2D eigenvalue weighted by Gasteiger charge is 2.30. The monoisotopic (exact) mass is 359 g/mol. The first kappa shape index (κ1) is 17.8. The number of hydrogen-bond acceptors (Lipinski definition) is 3. The predicted molar refractivity (Wildman–Crippen MR) is 80.4 cm³/mol. The molecule has 0 spiro atoms. The maximum atomic E-state index is 12.5. The third kappa shape index (κ3) is 3.67. The number of aryl methyl sites for hydroxylation is 1. The molecule has 0 aliphatic rings. The van der Waals surface area contributed by atoms with Crippen molar-refractivity contribution in [2.75, 3.05) is 4.72 Å². The number of aromatic carboxylic acids is 1. The van der Waals surface area contributed by atoms with Gasteiger partial charge in [0.2, 0.25) is 0 Å². The van der Waals surface area contributed by atoms with Crippen LogP contribution in [0.5, 0.6) is 0 Å². The topological polar surface area (TPSA) is 83.5 Å². The fourth-order valence-electron chi connectivity index (χ4n) is 2.06. The zero-order valence-corrected chi connectivity index (χ0v) is 13.1. The van der Waals surface area contributed by atoms with Crippen molar-refractivity contribution in [1.82, 2.24) is 0 Å². The first-order valence-corrected chi connectivity index (χ1v) is 8.03. The molecule has 128 valence electrons. The van der Waals surface area contributed by atoms with Gasteiger partial charge in [-0.3, -0.25) is 4.72 Å². The molecular formula is C15H12F3NO4S. The van der Waals surface area contributed by atoms with E-state index in [1.165, 1.54) is 25.1 Å². The lowest BCUT2D eigenvalue weighted by Gasteiger charge is -2.13. The van der Waals surface area contributed by atoms with Gasteiger partial charge in [-0.15, -0.1) is 0 Å². The standard InChI is InChI=1S/C15H12F3NO4S/c1-9-3-2-4-12(13(9)14(20)21)19-24(22,23)11-7-5-10(6-8-11)15(16,17)18/h2-8,19H,1H3,(H,20,21). The van der Waals surface area contributed by atoms with Gasteiger partial charge >= 0.3 is 12.1 Å². The molecule has 0 amide bonds. The zero-order valence-electron chi connectivity index (χ0n) is 12.3. The van der Waals surface area contributed by atoms with E-state index < -0.39 is 32.6 Å². The van der Waals surface area contributed by atoms with E-state index in [-0.39, 0.29) is 11.3 Å². The van der Waals surface area contributed by atoms with Crippen LogP contribution in [0.1, 0.15) is 21.5 Å². The van der Waals surface area contributed by atoms with E-state index in [9.17, 15) is 31.5 Å². The Hall–Kier alpha value is -2.55. The van der Waals surface area contributed by atoms with Gasteiger partial charge in [0.15, 0.2) is 0 Å². The first-order chi connectivity index (χ1) is 11.0. The molecule has 0 bridgehead atoms. The van der Waals surface area contributed by atoms with Gasteiger partial charge in [-0.25, -0.2) is 13.2 Å². The number of benzene rings is 2. The quantitative estimate of drug-likeness (QED) is 0.875. The van der Waals surface area contributed by atoms with Crippen LogP contribution < -0.4 is 4.72 Å². The fourth-order valence-corrected chi connectivity index (χ4v) is 3.14. The van der Waals surface area contributed by atoms with Crippen molar-refractivity contribution < 1.29 is 31.5 Å². The summed E-state index contributed by atoms with van der Waals surface area (Å²) in [7, 11) is -4.23. The van der Waals surface area contributed by atoms with Crippen molar-refractivity contribution in [2.45, 2.75) is 18.0 Å². The van der Waals surface area contributed by atoms with Crippen LogP contribution in [0.3, 0.4) is 0 Å². The highest BCUT2D eigenvalue weighted by molar-refractivity contribution is 7.92. The summed E-state index contributed by atoms with van der Waals surface area (Å²) in [6.07, 6.45) is -4.58. The summed E-state index contributed by atoms with van der Waals surface area (Å²) in [4.78, 5) is 10.9. The first-order valence-electron chi connectivity index (χ1n) is 6.55. The Morgan fingerprint density at radius 2 is 1.67 bits per heavy atom. The fraction of sp³-hybridized carbons (Fsp3) is 0.133. The molecule has 2 aromatic carbocycles. The van der Waals surface area contributed by atoms with Gasteiger partial charge in [0, 0.05) is 0 Å². The van der Waals surface area contributed by atoms with Gasteiger partial charge in [-0.1, -0.05) is 12.1 Å². The van der Waals surface area contributed by atoms with Crippen LogP contribution >= 0.6 is 0 Å². The van der Waals surface area contributed by atoms with Gasteiger partial charge in [0.05, 0.1) is 21.7 Å². The number of anilines is 1. The summed E-state index contributed by atoms with van der Waals surface area (Å²) < 4.78 is 64.2. The van der Waals surface area contributed by atoms with Crippen molar-refractivity contribution >= 4 is 21.7 Å². The minimum absolute atomic E-state index is 0.164. The van der Waals surface area contributed by atoms with Gasteiger partial charge in [0.25, 0.3) is 10.0 Å². The highest BCUT2D eigenvalue weighted by Crippen LogP contribution is 2.30. The average Bonchev–Trinajstić information content (AvgIpc) is 2.45. The molecule has 0 saturated heterocycles. The average molecular weight is 359 g/mol. The smallest absolute Gasteiger partial charge is 0.416 e. The minimum atomic E-state index is -4.58. The second kappa shape index (κ2) is 6.16. The van der Waals surface area contributed by atoms with E-state index in [2.05, 4.69) is 4.72 Å². The van der Waals surface area contributed by atoms with E-state index in [0.717, 1.165) is 12.1 Å². The van der Waals surface area contributed by atoms with Crippen molar-refractivity contribution in [3.8, 4) is 0 Å². The van der Waals surface area contributed by atoms with Crippen molar-refractivity contribution in [3.63, 3.8) is 0 Å². The molecule has 0 heterocycles. The number of halogens is 3. The van der Waals surface area contributed by atoms with Crippen LogP contribution in [0.15, 0.2) is 47.4 Å². The molecule has 0 atom stereocenters. The number of sulfonamides is 1. The number of carbonyl (C=O) groups is 1. The third-order valence-corrected chi connectivity index (χ3v) is 4.60. The van der Waals surface area contributed by atoms with E-state index >= 15 is 0 Å². The molecule has 0 fully saturated rings. The maximum absolute atomic E-state index is 12.5. The Labute approximate surface area is 135 Å². The molecule has 9 heteroatoms. The lowest BCUT2D eigenvalue weighted by Crippen LogP contribution is -2.16. The van der Waals surface area contributed by atoms with E-state index in [1.807, 2.05) is 0 Å². The van der Waals surface area contributed by atoms with Crippen LogP contribution in [0.25, 0.3) is 0 Å². The largest absolute Gasteiger partial charge is 0.478 e. The summed E-state index contributed by atoms with van der Waals surface area (Å²) in [5.41, 5.74) is -1.03. The molecule has 2 aromatic rings. The Morgan fingerprint density at radius 1 is 1.08 bits per heavy atom. The summed E-state index contributed by atoms with van der Waals surface area (Å²) in [5.74, 6) is -1.32. The van der Waals surface area contributed by atoms with Crippen molar-refractivity contribution in [2.24, 2.45) is 0 Å². The van der Waals surface area contributed by atoms with Crippen LogP contribution in [0.2, 0.25) is 0 Å². The molecule has 24 heavy (non-hydrogen) atoms. The number of rotatable bonds is 4. The molecule has 0 radical (unpaired) electrons. The lowest BCUT2D eigenvalue weighted by atomic mass is 10.1. The van der Waals surface area contributed by atoms with Crippen molar-refractivity contribution in [3.05, 3.63) is 59.2 Å². The molecule has 0 aromatic heterocycles. The Morgan fingerprint density at radius 3 is 2.17 bits per heavy atom. The molecule has 2 N–H and O–H groups in total. The number of nitrogens with one attached hydrogen (secondary N) is 1. The summed E-state index contributed by atoms with van der Waals surface area (Å²) in [6.45, 7) is 1.50. The Kier molecular flexibility index (Phi) is 4.57. The van der Waals surface area contributed by atoms with E-state index in [0.29, 0.717) is 17.7 Å². The SMILES string of the molecule is Cc1cccc(NS(=O)(=O)c2ccc(C(F)(F)F)cc2)c1C(=O)O. The number of hydrogen-bond donors (Lipinski definition) is 2. The highest BCUT2D eigenvalue weighted by atomic mass is 32.2. The summed E-state index contributed by atoms with van der Waals surface area (Å²) in [5, 5.41) is 9.18. The predicted octanol–water partition coefficient (Wildman–Crippen LogP) is 3.51. The van der Waals surface area contributed by atoms with Crippen LogP contribution in [-0.4, -0.2) is 19.5 Å². The molecule has 0 saturated carbocycles. The van der Waals surface area contributed by atoms with Gasteiger partial charge < -0.3 is 5.11 Å². The van der Waals surface area contributed by atoms with Crippen LogP contribution in [0.4, 0.5) is 18.9 Å². The normalized spacial score (nSPS) is 12.0. The minimum Gasteiger partial charge on any atom is -0.478 e. The number of carboxylic acid groups (broad SMARTS) is 1. The Balaban J connectivity index is 2.40. The molecule has 0 unspecified atom stereocenters. The third-order valence-electron chi connectivity index (χ3n) is 3.22. The van der Waals surface area contributed by atoms with E-state index in [1.54, 1.807) is 0 Å². The second-order valence-electron chi connectivity index (χ2n) is 4.93. The number of carboxylic acids is 1. The second-order valence-corrected chi connectivity index (χ2v) is 6.61. The molecular weight excluding hydrogens is 347 g/mol.